The maximum absolute atomic E-state index is 12.5. The zero-order valence-corrected chi connectivity index (χ0v) is 16.9. The topological polar surface area (TPSA) is 64.9 Å². The highest BCUT2D eigenvalue weighted by atomic mass is 16.3. The Balaban J connectivity index is 1.46. The van der Waals surface area contributed by atoms with E-state index in [0.29, 0.717) is 13.1 Å². The SMILES string of the molecule is CCN(CC)[C@@H](CNC(=O)CN1CCN(c2ccccn2)CC1)c1ccco1. The minimum Gasteiger partial charge on any atom is -0.468 e. The van der Waals surface area contributed by atoms with Crippen molar-refractivity contribution in [3.05, 3.63) is 48.6 Å². The Hall–Kier alpha value is -2.38. The number of likely N-dealkylation sites (N-methyl/N-ethyl adjacent to an activating group) is 1. The van der Waals surface area contributed by atoms with E-state index in [4.69, 9.17) is 4.42 Å². The summed E-state index contributed by atoms with van der Waals surface area (Å²) < 4.78 is 5.60. The van der Waals surface area contributed by atoms with Crippen molar-refractivity contribution in [3.8, 4) is 0 Å². The van der Waals surface area contributed by atoms with E-state index in [1.165, 1.54) is 0 Å². The fraction of sp³-hybridized carbons (Fsp3) is 0.524. The molecule has 0 spiro atoms. The molecule has 0 aliphatic carbocycles. The molecule has 2 aromatic heterocycles. The summed E-state index contributed by atoms with van der Waals surface area (Å²) in [5.41, 5.74) is 0. The van der Waals surface area contributed by atoms with Crippen molar-refractivity contribution in [2.75, 3.05) is 57.3 Å². The van der Waals surface area contributed by atoms with Gasteiger partial charge in [-0.1, -0.05) is 19.9 Å². The summed E-state index contributed by atoms with van der Waals surface area (Å²) in [6, 6.07) is 9.91. The minimum atomic E-state index is 0.0648. The molecule has 3 heterocycles. The maximum Gasteiger partial charge on any atom is 0.234 e. The van der Waals surface area contributed by atoms with Crippen LogP contribution in [0.2, 0.25) is 0 Å². The van der Waals surface area contributed by atoms with Crippen LogP contribution in [0.1, 0.15) is 25.6 Å². The van der Waals surface area contributed by atoms with E-state index in [9.17, 15) is 4.79 Å². The number of hydrogen-bond donors (Lipinski definition) is 1. The number of nitrogens with one attached hydrogen (secondary N) is 1. The van der Waals surface area contributed by atoms with E-state index in [1.807, 2.05) is 36.5 Å². The highest BCUT2D eigenvalue weighted by Gasteiger charge is 2.23. The first kappa shape index (κ1) is 20.4. The van der Waals surface area contributed by atoms with Crippen LogP contribution < -0.4 is 10.2 Å². The largest absolute Gasteiger partial charge is 0.468 e. The van der Waals surface area contributed by atoms with Crippen LogP contribution in [-0.2, 0) is 4.79 Å². The number of rotatable bonds is 9. The molecule has 1 saturated heterocycles. The van der Waals surface area contributed by atoms with Crippen molar-refractivity contribution in [1.29, 1.82) is 0 Å². The Labute approximate surface area is 167 Å². The third kappa shape index (κ3) is 5.33. The molecule has 1 fully saturated rings. The molecule has 7 heteroatoms. The number of piperazine rings is 1. The van der Waals surface area contributed by atoms with Crippen molar-refractivity contribution < 1.29 is 9.21 Å². The molecule has 0 radical (unpaired) electrons. The van der Waals surface area contributed by atoms with Gasteiger partial charge in [0.25, 0.3) is 0 Å². The second-order valence-corrected chi connectivity index (χ2v) is 7.01. The molecule has 1 aliphatic heterocycles. The van der Waals surface area contributed by atoms with Crippen molar-refractivity contribution in [1.82, 2.24) is 20.1 Å². The van der Waals surface area contributed by atoms with E-state index >= 15 is 0 Å². The number of anilines is 1. The monoisotopic (exact) mass is 385 g/mol. The molecule has 7 nitrogen and oxygen atoms in total. The van der Waals surface area contributed by atoms with Crippen LogP contribution in [0.3, 0.4) is 0 Å². The number of carbonyl (C=O) groups is 1. The van der Waals surface area contributed by atoms with Crippen LogP contribution in [0.15, 0.2) is 47.2 Å². The zero-order valence-electron chi connectivity index (χ0n) is 16.9. The van der Waals surface area contributed by atoms with E-state index in [1.54, 1.807) is 6.26 Å². The molecule has 1 aliphatic rings. The lowest BCUT2D eigenvalue weighted by atomic mass is 10.2. The van der Waals surface area contributed by atoms with Gasteiger partial charge in [-0.25, -0.2) is 4.98 Å². The molecule has 28 heavy (non-hydrogen) atoms. The lowest BCUT2D eigenvalue weighted by Crippen LogP contribution is -2.50. The minimum absolute atomic E-state index is 0.0648. The predicted molar refractivity (Wildman–Crippen MR) is 110 cm³/mol. The molecular weight excluding hydrogens is 354 g/mol. The molecule has 2 aromatic rings. The highest BCUT2D eigenvalue weighted by Crippen LogP contribution is 2.20. The van der Waals surface area contributed by atoms with Gasteiger partial charge in [0.05, 0.1) is 18.8 Å². The standard InChI is InChI=1S/C21H31N5O2/c1-3-25(4-2)18(19-8-7-15-28-19)16-23-21(27)17-24-11-13-26(14-12-24)20-9-5-6-10-22-20/h5-10,15,18H,3-4,11-14,16-17H2,1-2H3,(H,23,27)/t18-/m0/s1. The second kappa shape index (κ2) is 10.2. The molecule has 0 aromatic carbocycles. The van der Waals surface area contributed by atoms with Crippen molar-refractivity contribution in [3.63, 3.8) is 0 Å². The summed E-state index contributed by atoms with van der Waals surface area (Å²) in [4.78, 5) is 23.7. The normalized spacial score (nSPS) is 16.3. The van der Waals surface area contributed by atoms with Gasteiger partial charge in [-0.05, 0) is 37.4 Å². The Bertz CT molecular complexity index is 695. The fourth-order valence-electron chi connectivity index (χ4n) is 3.70. The average Bonchev–Trinajstić information content (AvgIpc) is 3.27. The number of hydrogen-bond acceptors (Lipinski definition) is 6. The van der Waals surface area contributed by atoms with Gasteiger partial charge < -0.3 is 14.6 Å². The van der Waals surface area contributed by atoms with Gasteiger partial charge in [-0.15, -0.1) is 0 Å². The summed E-state index contributed by atoms with van der Waals surface area (Å²) in [6.07, 6.45) is 3.51. The molecule has 1 amide bonds. The molecule has 1 N–H and O–H groups in total. The van der Waals surface area contributed by atoms with Crippen LogP contribution in [0.5, 0.6) is 0 Å². The lowest BCUT2D eigenvalue weighted by molar-refractivity contribution is -0.122. The van der Waals surface area contributed by atoms with Gasteiger partial charge in [0.15, 0.2) is 0 Å². The van der Waals surface area contributed by atoms with Crippen LogP contribution in [0, 0.1) is 0 Å². The van der Waals surface area contributed by atoms with Crippen LogP contribution in [0.4, 0.5) is 5.82 Å². The maximum atomic E-state index is 12.5. The fourth-order valence-corrected chi connectivity index (χ4v) is 3.70. The summed E-state index contributed by atoms with van der Waals surface area (Å²) in [5.74, 6) is 1.97. The molecular formula is C21H31N5O2. The number of furan rings is 1. The highest BCUT2D eigenvalue weighted by molar-refractivity contribution is 5.78. The molecule has 0 saturated carbocycles. The first-order valence-corrected chi connectivity index (χ1v) is 10.1. The quantitative estimate of drug-likeness (QED) is 0.712. The van der Waals surface area contributed by atoms with Crippen molar-refractivity contribution in [2.45, 2.75) is 19.9 Å². The number of amides is 1. The molecule has 3 rings (SSSR count). The summed E-state index contributed by atoms with van der Waals surface area (Å²) in [7, 11) is 0. The Kier molecular flexibility index (Phi) is 7.45. The van der Waals surface area contributed by atoms with Gasteiger partial charge in [0.2, 0.25) is 5.91 Å². The first-order valence-electron chi connectivity index (χ1n) is 10.1. The molecule has 152 valence electrons. The molecule has 1 atom stereocenters. The molecule has 0 unspecified atom stereocenters. The van der Waals surface area contributed by atoms with Gasteiger partial charge in [0, 0.05) is 38.9 Å². The molecule has 0 bridgehead atoms. The number of carbonyl (C=O) groups excluding carboxylic acids is 1. The second-order valence-electron chi connectivity index (χ2n) is 7.01. The third-order valence-electron chi connectivity index (χ3n) is 5.33. The average molecular weight is 386 g/mol. The summed E-state index contributed by atoms with van der Waals surface area (Å²) >= 11 is 0. The zero-order chi connectivity index (χ0) is 19.8. The number of nitrogens with zero attached hydrogens (tertiary/aromatic N) is 4. The van der Waals surface area contributed by atoms with E-state index in [0.717, 1.165) is 50.8 Å². The summed E-state index contributed by atoms with van der Waals surface area (Å²) in [5, 5.41) is 3.10. The van der Waals surface area contributed by atoms with Crippen LogP contribution >= 0.6 is 0 Å². The number of aromatic nitrogens is 1. The third-order valence-corrected chi connectivity index (χ3v) is 5.33. The van der Waals surface area contributed by atoms with E-state index in [2.05, 4.69) is 38.8 Å². The van der Waals surface area contributed by atoms with Crippen LogP contribution in [0.25, 0.3) is 0 Å². The van der Waals surface area contributed by atoms with Gasteiger partial charge in [-0.2, -0.15) is 0 Å². The Morgan fingerprint density at radius 1 is 1.18 bits per heavy atom. The Morgan fingerprint density at radius 2 is 1.96 bits per heavy atom. The Morgan fingerprint density at radius 3 is 2.57 bits per heavy atom. The van der Waals surface area contributed by atoms with Crippen molar-refractivity contribution >= 4 is 11.7 Å². The van der Waals surface area contributed by atoms with Crippen molar-refractivity contribution in [2.24, 2.45) is 0 Å². The van der Waals surface area contributed by atoms with Gasteiger partial charge >= 0.3 is 0 Å². The first-order chi connectivity index (χ1) is 13.7. The van der Waals surface area contributed by atoms with E-state index < -0.39 is 0 Å². The van der Waals surface area contributed by atoms with Gasteiger partial charge in [-0.3, -0.25) is 14.6 Å². The van der Waals surface area contributed by atoms with Gasteiger partial charge in [0.1, 0.15) is 11.6 Å². The lowest BCUT2D eigenvalue weighted by Gasteiger charge is -2.35. The smallest absolute Gasteiger partial charge is 0.234 e. The number of pyridine rings is 1. The van der Waals surface area contributed by atoms with E-state index in [-0.39, 0.29) is 11.9 Å². The predicted octanol–water partition coefficient (Wildman–Crippen LogP) is 2.00. The summed E-state index contributed by atoms with van der Waals surface area (Å²) in [6.45, 7) is 10.6. The van der Waals surface area contributed by atoms with Crippen LogP contribution in [-0.4, -0.2) is 73.0 Å².